The first-order chi connectivity index (χ1) is 6.27. The predicted octanol–water partition coefficient (Wildman–Crippen LogP) is 3.05. The summed E-state index contributed by atoms with van der Waals surface area (Å²) in [5, 5.41) is 0. The number of nitrogens with zero attached hydrogens (tertiary/aromatic N) is 1. The smallest absolute Gasteiger partial charge is 0.00976 e. The van der Waals surface area contributed by atoms with Crippen LogP contribution >= 0.6 is 0 Å². The van der Waals surface area contributed by atoms with Crippen LogP contribution in [0.3, 0.4) is 0 Å². The maximum atomic E-state index is 2.68. The third-order valence-electron chi connectivity index (χ3n) is 4.14. The van der Waals surface area contributed by atoms with Crippen molar-refractivity contribution in [3.8, 4) is 0 Å². The zero-order valence-corrected chi connectivity index (χ0v) is 9.13. The average Bonchev–Trinajstić information content (AvgIpc) is 2.01. The van der Waals surface area contributed by atoms with E-state index in [2.05, 4.69) is 18.9 Å². The second-order valence-electron chi connectivity index (χ2n) is 5.18. The Labute approximate surface area is 82.5 Å². The third kappa shape index (κ3) is 2.07. The Kier molecular flexibility index (Phi) is 2.92. The van der Waals surface area contributed by atoms with Gasteiger partial charge in [0.1, 0.15) is 0 Å². The number of hydrogen-bond acceptors (Lipinski definition) is 1. The molecule has 1 nitrogen and oxygen atoms in total. The summed E-state index contributed by atoms with van der Waals surface area (Å²) < 4.78 is 0. The Bertz CT molecular complexity index is 163. The Hall–Kier alpha value is -0.0400. The number of hydrogen-bond donors (Lipinski definition) is 0. The van der Waals surface area contributed by atoms with Gasteiger partial charge >= 0.3 is 0 Å². The van der Waals surface area contributed by atoms with E-state index in [4.69, 9.17) is 0 Å². The summed E-state index contributed by atoms with van der Waals surface area (Å²) in [5.74, 6) is 0.973. The van der Waals surface area contributed by atoms with Gasteiger partial charge in [-0.25, -0.2) is 0 Å². The molecule has 0 amide bonds. The van der Waals surface area contributed by atoms with Gasteiger partial charge in [-0.15, -0.1) is 0 Å². The van der Waals surface area contributed by atoms with Crippen molar-refractivity contribution in [1.82, 2.24) is 4.90 Å². The van der Waals surface area contributed by atoms with Gasteiger partial charge in [-0.1, -0.05) is 26.2 Å². The van der Waals surface area contributed by atoms with Crippen molar-refractivity contribution in [3.05, 3.63) is 0 Å². The predicted molar refractivity (Wildman–Crippen MR) is 56.8 cm³/mol. The van der Waals surface area contributed by atoms with Crippen LogP contribution in [0, 0.1) is 5.92 Å². The molecule has 1 heteroatoms. The van der Waals surface area contributed by atoms with Gasteiger partial charge in [0.15, 0.2) is 0 Å². The molecule has 13 heavy (non-hydrogen) atoms. The van der Waals surface area contributed by atoms with Gasteiger partial charge in [0.2, 0.25) is 0 Å². The van der Waals surface area contributed by atoms with Crippen LogP contribution in [0.2, 0.25) is 0 Å². The van der Waals surface area contributed by atoms with E-state index in [1.54, 1.807) is 0 Å². The molecule has 2 atom stereocenters. The van der Waals surface area contributed by atoms with Crippen molar-refractivity contribution in [2.75, 3.05) is 7.05 Å². The molecular weight excluding hydrogens is 158 g/mol. The van der Waals surface area contributed by atoms with Gasteiger partial charge in [-0.05, 0) is 38.6 Å². The second kappa shape index (κ2) is 4.00. The van der Waals surface area contributed by atoms with Gasteiger partial charge < -0.3 is 4.90 Å². The molecule has 0 aromatic rings. The summed E-state index contributed by atoms with van der Waals surface area (Å²) in [6, 6.07) is 1.85. The fourth-order valence-electron chi connectivity index (χ4n) is 2.86. The van der Waals surface area contributed by atoms with Crippen LogP contribution in [0.1, 0.15) is 51.9 Å². The second-order valence-corrected chi connectivity index (χ2v) is 5.18. The third-order valence-corrected chi connectivity index (χ3v) is 4.14. The normalized spacial score (nSPS) is 36.2. The minimum Gasteiger partial charge on any atom is -0.300 e. The Morgan fingerprint density at radius 2 is 1.54 bits per heavy atom. The first kappa shape index (κ1) is 9.51. The first-order valence-electron chi connectivity index (χ1n) is 5.99. The van der Waals surface area contributed by atoms with Crippen LogP contribution < -0.4 is 0 Å². The summed E-state index contributed by atoms with van der Waals surface area (Å²) in [6.45, 7) is 2.42. The molecule has 2 saturated carbocycles. The summed E-state index contributed by atoms with van der Waals surface area (Å²) in [4.78, 5) is 2.68. The molecule has 0 aromatic heterocycles. The van der Waals surface area contributed by atoms with Crippen molar-refractivity contribution >= 4 is 0 Å². The molecule has 2 aliphatic rings. The largest absolute Gasteiger partial charge is 0.300 e. The van der Waals surface area contributed by atoms with E-state index in [-0.39, 0.29) is 0 Å². The molecule has 0 saturated heterocycles. The zero-order chi connectivity index (χ0) is 9.26. The molecule has 0 aliphatic heterocycles. The summed E-state index contributed by atoms with van der Waals surface area (Å²) in [6.07, 6.45) is 10.2. The van der Waals surface area contributed by atoms with Crippen LogP contribution in [0.5, 0.6) is 0 Å². The highest BCUT2D eigenvalue weighted by Crippen LogP contribution is 2.32. The summed E-state index contributed by atoms with van der Waals surface area (Å²) in [5.41, 5.74) is 0. The van der Waals surface area contributed by atoms with E-state index in [9.17, 15) is 0 Å². The van der Waals surface area contributed by atoms with E-state index >= 15 is 0 Å². The van der Waals surface area contributed by atoms with E-state index in [0.29, 0.717) is 0 Å². The molecule has 0 aromatic carbocycles. The van der Waals surface area contributed by atoms with Crippen molar-refractivity contribution < 1.29 is 0 Å². The fraction of sp³-hybridized carbons (Fsp3) is 1.00. The zero-order valence-electron chi connectivity index (χ0n) is 9.13. The van der Waals surface area contributed by atoms with Crippen LogP contribution in [0.4, 0.5) is 0 Å². The van der Waals surface area contributed by atoms with Crippen LogP contribution in [0.15, 0.2) is 0 Å². The molecule has 0 radical (unpaired) electrons. The molecule has 2 fully saturated rings. The average molecular weight is 181 g/mol. The highest BCUT2D eigenvalue weighted by Gasteiger charge is 2.29. The maximum Gasteiger partial charge on any atom is 0.00976 e. The standard InChI is InChI=1S/C12H23N/c1-10-5-3-8-12(9-10)13(2)11-6-4-7-11/h10-12H,3-9H2,1-2H3. The van der Waals surface area contributed by atoms with Crippen molar-refractivity contribution in [3.63, 3.8) is 0 Å². The quantitative estimate of drug-likeness (QED) is 0.633. The molecule has 0 heterocycles. The molecule has 0 spiro atoms. The Balaban J connectivity index is 1.83. The minimum absolute atomic E-state index is 0.911. The lowest BCUT2D eigenvalue weighted by atomic mass is 9.83. The van der Waals surface area contributed by atoms with Crippen LogP contribution in [-0.2, 0) is 0 Å². The van der Waals surface area contributed by atoms with Crippen molar-refractivity contribution in [1.29, 1.82) is 0 Å². The van der Waals surface area contributed by atoms with Gasteiger partial charge in [0, 0.05) is 12.1 Å². The van der Waals surface area contributed by atoms with E-state index in [1.165, 1.54) is 44.9 Å². The Morgan fingerprint density at radius 3 is 2.08 bits per heavy atom. The SMILES string of the molecule is CC1CCCC(N(C)C2CCC2)C1. The van der Waals surface area contributed by atoms with E-state index in [1.807, 2.05) is 0 Å². The topological polar surface area (TPSA) is 3.24 Å². The highest BCUT2D eigenvalue weighted by atomic mass is 15.2. The van der Waals surface area contributed by atoms with Crippen LogP contribution in [0.25, 0.3) is 0 Å². The molecule has 76 valence electrons. The van der Waals surface area contributed by atoms with Gasteiger partial charge in [0.05, 0.1) is 0 Å². The van der Waals surface area contributed by atoms with Gasteiger partial charge in [-0.3, -0.25) is 0 Å². The van der Waals surface area contributed by atoms with Crippen LogP contribution in [-0.4, -0.2) is 24.0 Å². The lowest BCUT2D eigenvalue weighted by molar-refractivity contribution is 0.0756. The molecule has 0 N–H and O–H groups in total. The summed E-state index contributed by atoms with van der Waals surface area (Å²) >= 11 is 0. The lowest BCUT2D eigenvalue weighted by Gasteiger charge is -2.42. The van der Waals surface area contributed by atoms with E-state index in [0.717, 1.165) is 18.0 Å². The molecular formula is C12H23N. The van der Waals surface area contributed by atoms with Crippen molar-refractivity contribution in [2.45, 2.75) is 64.0 Å². The highest BCUT2D eigenvalue weighted by molar-refractivity contribution is 4.85. The number of rotatable bonds is 2. The van der Waals surface area contributed by atoms with E-state index < -0.39 is 0 Å². The maximum absolute atomic E-state index is 2.68. The van der Waals surface area contributed by atoms with Gasteiger partial charge in [-0.2, -0.15) is 0 Å². The van der Waals surface area contributed by atoms with Crippen molar-refractivity contribution in [2.24, 2.45) is 5.92 Å². The molecule has 0 bridgehead atoms. The summed E-state index contributed by atoms with van der Waals surface area (Å²) in [7, 11) is 2.35. The molecule has 2 rings (SSSR count). The molecule has 2 aliphatic carbocycles. The minimum atomic E-state index is 0.911. The Morgan fingerprint density at radius 1 is 0.923 bits per heavy atom. The monoisotopic (exact) mass is 181 g/mol. The lowest BCUT2D eigenvalue weighted by Crippen LogP contribution is -2.45. The first-order valence-corrected chi connectivity index (χ1v) is 5.99. The fourth-order valence-corrected chi connectivity index (χ4v) is 2.86. The molecule has 2 unspecified atom stereocenters. The van der Waals surface area contributed by atoms with Gasteiger partial charge in [0.25, 0.3) is 0 Å².